The summed E-state index contributed by atoms with van der Waals surface area (Å²) in [5.74, 6) is -0.521. The standard InChI is InChI=1S/C22H21NO6S/c1-13-5-4-6-16(14(13)2)23-21(26)19(30-22(23)27)12-15-7-8-17(18(11-15)28-3)29-10-9-20(24)25/h4-8,11-12H,9-10H2,1-3H3,(H,24,25)/b19-12+. The van der Waals surface area contributed by atoms with Gasteiger partial charge in [-0.2, -0.15) is 0 Å². The van der Waals surface area contributed by atoms with Crippen molar-refractivity contribution >= 4 is 40.6 Å². The Morgan fingerprint density at radius 1 is 1.17 bits per heavy atom. The lowest BCUT2D eigenvalue weighted by Gasteiger charge is -2.16. The van der Waals surface area contributed by atoms with Crippen LogP contribution in [0.25, 0.3) is 6.08 Å². The maximum absolute atomic E-state index is 12.9. The van der Waals surface area contributed by atoms with Crippen molar-refractivity contribution < 1.29 is 29.0 Å². The number of anilines is 1. The van der Waals surface area contributed by atoms with Crippen molar-refractivity contribution in [3.8, 4) is 11.5 Å². The molecule has 0 radical (unpaired) electrons. The number of rotatable bonds is 7. The van der Waals surface area contributed by atoms with Gasteiger partial charge in [-0.3, -0.25) is 14.4 Å². The monoisotopic (exact) mass is 427 g/mol. The fourth-order valence-corrected chi connectivity index (χ4v) is 3.78. The van der Waals surface area contributed by atoms with E-state index in [1.165, 1.54) is 12.0 Å². The minimum absolute atomic E-state index is 0.0137. The number of hydrogen-bond donors (Lipinski definition) is 1. The van der Waals surface area contributed by atoms with Crippen molar-refractivity contribution in [2.24, 2.45) is 0 Å². The second-order valence-electron chi connectivity index (χ2n) is 6.64. The summed E-state index contributed by atoms with van der Waals surface area (Å²) in [4.78, 5) is 37.6. The Morgan fingerprint density at radius 3 is 2.63 bits per heavy atom. The Labute approximate surface area is 178 Å². The van der Waals surface area contributed by atoms with E-state index in [9.17, 15) is 14.4 Å². The highest BCUT2D eigenvalue weighted by atomic mass is 32.2. The molecular weight excluding hydrogens is 406 g/mol. The van der Waals surface area contributed by atoms with E-state index >= 15 is 0 Å². The Hall–Kier alpha value is -3.26. The predicted molar refractivity (Wildman–Crippen MR) is 115 cm³/mol. The third-order valence-electron chi connectivity index (χ3n) is 4.67. The molecule has 0 spiro atoms. The lowest BCUT2D eigenvalue weighted by atomic mass is 10.1. The maximum Gasteiger partial charge on any atom is 0.306 e. The molecule has 8 heteroatoms. The van der Waals surface area contributed by atoms with Gasteiger partial charge in [0.25, 0.3) is 11.1 Å². The summed E-state index contributed by atoms with van der Waals surface area (Å²) in [7, 11) is 1.47. The highest BCUT2D eigenvalue weighted by Crippen LogP contribution is 2.38. The minimum atomic E-state index is -0.954. The number of benzene rings is 2. The van der Waals surface area contributed by atoms with Crippen molar-refractivity contribution in [1.82, 2.24) is 0 Å². The van der Waals surface area contributed by atoms with E-state index in [2.05, 4.69) is 0 Å². The zero-order valence-corrected chi connectivity index (χ0v) is 17.6. The number of amides is 2. The van der Waals surface area contributed by atoms with E-state index in [0.717, 1.165) is 22.9 Å². The van der Waals surface area contributed by atoms with Gasteiger partial charge in [0.15, 0.2) is 11.5 Å². The van der Waals surface area contributed by atoms with Crippen LogP contribution in [0, 0.1) is 13.8 Å². The quantitative estimate of drug-likeness (QED) is 0.654. The number of carboxylic acid groups (broad SMARTS) is 1. The molecular formula is C22H21NO6S. The molecule has 3 rings (SSSR count). The van der Waals surface area contributed by atoms with E-state index in [0.29, 0.717) is 27.7 Å². The van der Waals surface area contributed by atoms with E-state index in [-0.39, 0.29) is 24.2 Å². The lowest BCUT2D eigenvalue weighted by molar-refractivity contribution is -0.137. The first kappa shape index (κ1) is 21.4. The molecule has 1 fully saturated rings. The van der Waals surface area contributed by atoms with Crippen LogP contribution in [0.2, 0.25) is 0 Å². The minimum Gasteiger partial charge on any atom is -0.493 e. The molecule has 0 bridgehead atoms. The van der Waals surface area contributed by atoms with Gasteiger partial charge in [0.05, 0.1) is 30.7 Å². The molecule has 0 aliphatic carbocycles. The molecule has 0 saturated carbocycles. The van der Waals surface area contributed by atoms with E-state index in [4.69, 9.17) is 14.6 Å². The second kappa shape index (κ2) is 9.04. The summed E-state index contributed by atoms with van der Waals surface area (Å²) in [6, 6.07) is 10.5. The van der Waals surface area contributed by atoms with Crippen LogP contribution in [0.15, 0.2) is 41.3 Å². The first-order valence-corrected chi connectivity index (χ1v) is 10.00. The highest BCUT2D eigenvalue weighted by molar-refractivity contribution is 8.19. The molecule has 0 atom stereocenters. The molecule has 1 aliphatic rings. The van der Waals surface area contributed by atoms with Gasteiger partial charge in [0.2, 0.25) is 0 Å². The third kappa shape index (κ3) is 4.49. The van der Waals surface area contributed by atoms with E-state index in [1.807, 2.05) is 26.0 Å². The number of imide groups is 1. The van der Waals surface area contributed by atoms with Gasteiger partial charge in [0, 0.05) is 0 Å². The van der Waals surface area contributed by atoms with Crippen LogP contribution in [0.5, 0.6) is 11.5 Å². The average molecular weight is 427 g/mol. The van der Waals surface area contributed by atoms with Gasteiger partial charge in [-0.1, -0.05) is 18.2 Å². The van der Waals surface area contributed by atoms with Crippen molar-refractivity contribution in [3.05, 3.63) is 58.0 Å². The molecule has 2 aromatic rings. The van der Waals surface area contributed by atoms with Crippen molar-refractivity contribution in [2.75, 3.05) is 18.6 Å². The summed E-state index contributed by atoms with van der Waals surface area (Å²) in [6.07, 6.45) is 1.50. The molecule has 30 heavy (non-hydrogen) atoms. The van der Waals surface area contributed by atoms with Gasteiger partial charge < -0.3 is 14.6 Å². The van der Waals surface area contributed by atoms with Gasteiger partial charge in [0.1, 0.15) is 0 Å². The van der Waals surface area contributed by atoms with Crippen LogP contribution in [0.3, 0.4) is 0 Å². The molecule has 1 aliphatic heterocycles. The molecule has 1 heterocycles. The van der Waals surface area contributed by atoms with Crippen LogP contribution >= 0.6 is 11.8 Å². The summed E-state index contributed by atoms with van der Waals surface area (Å²) in [5.41, 5.74) is 3.12. The van der Waals surface area contributed by atoms with Crippen LogP contribution in [-0.4, -0.2) is 35.9 Å². The zero-order valence-electron chi connectivity index (χ0n) is 16.8. The van der Waals surface area contributed by atoms with Crippen LogP contribution in [-0.2, 0) is 9.59 Å². The predicted octanol–water partition coefficient (Wildman–Crippen LogP) is 4.41. The normalized spacial score (nSPS) is 15.0. The van der Waals surface area contributed by atoms with Crippen LogP contribution in [0.4, 0.5) is 10.5 Å². The van der Waals surface area contributed by atoms with Crippen molar-refractivity contribution in [3.63, 3.8) is 0 Å². The number of ether oxygens (including phenoxy) is 2. The maximum atomic E-state index is 12.9. The molecule has 1 saturated heterocycles. The summed E-state index contributed by atoms with van der Waals surface area (Å²) < 4.78 is 10.7. The summed E-state index contributed by atoms with van der Waals surface area (Å²) in [5, 5.41) is 8.37. The van der Waals surface area contributed by atoms with Gasteiger partial charge in [-0.15, -0.1) is 0 Å². The second-order valence-corrected chi connectivity index (χ2v) is 7.63. The fourth-order valence-electron chi connectivity index (χ4n) is 2.95. The number of carbonyl (C=O) groups excluding carboxylic acids is 2. The third-order valence-corrected chi connectivity index (χ3v) is 5.54. The average Bonchev–Trinajstić information content (AvgIpc) is 2.98. The van der Waals surface area contributed by atoms with Gasteiger partial charge >= 0.3 is 5.97 Å². The molecule has 2 amide bonds. The first-order chi connectivity index (χ1) is 14.3. The largest absolute Gasteiger partial charge is 0.493 e. The summed E-state index contributed by atoms with van der Waals surface area (Å²) >= 11 is 0.882. The van der Waals surface area contributed by atoms with Crippen molar-refractivity contribution in [2.45, 2.75) is 20.3 Å². The smallest absolute Gasteiger partial charge is 0.306 e. The number of hydrogen-bond acceptors (Lipinski definition) is 6. The van der Waals surface area contributed by atoms with Crippen LogP contribution in [0.1, 0.15) is 23.1 Å². The topological polar surface area (TPSA) is 93.1 Å². The molecule has 156 valence electrons. The molecule has 0 unspecified atom stereocenters. The fraction of sp³-hybridized carbons (Fsp3) is 0.227. The van der Waals surface area contributed by atoms with Crippen LogP contribution < -0.4 is 14.4 Å². The number of carboxylic acids is 1. The first-order valence-electron chi connectivity index (χ1n) is 9.18. The SMILES string of the molecule is COc1cc(/C=C2/SC(=O)N(c3cccc(C)c3C)C2=O)ccc1OCCC(=O)O. The molecule has 2 aromatic carbocycles. The van der Waals surface area contributed by atoms with E-state index < -0.39 is 5.97 Å². The van der Waals surface area contributed by atoms with Crippen molar-refractivity contribution in [1.29, 1.82) is 0 Å². The number of thioether (sulfide) groups is 1. The van der Waals surface area contributed by atoms with E-state index in [1.54, 1.807) is 30.3 Å². The molecule has 7 nitrogen and oxygen atoms in total. The molecule has 0 aromatic heterocycles. The summed E-state index contributed by atoms with van der Waals surface area (Å²) in [6.45, 7) is 3.82. The number of carbonyl (C=O) groups is 3. The Bertz CT molecular complexity index is 1050. The zero-order chi connectivity index (χ0) is 21.8. The number of nitrogens with zero attached hydrogens (tertiary/aromatic N) is 1. The number of aryl methyl sites for hydroxylation is 1. The molecule has 1 N–H and O–H groups in total. The lowest BCUT2D eigenvalue weighted by Crippen LogP contribution is -2.28. The Kier molecular flexibility index (Phi) is 6.47. The highest BCUT2D eigenvalue weighted by Gasteiger charge is 2.37. The Balaban J connectivity index is 1.85. The van der Waals surface area contributed by atoms with Gasteiger partial charge in [-0.05, 0) is 66.6 Å². The number of methoxy groups -OCH3 is 1. The Morgan fingerprint density at radius 2 is 1.93 bits per heavy atom. The number of aliphatic carboxylic acids is 1. The van der Waals surface area contributed by atoms with Gasteiger partial charge in [-0.25, -0.2) is 4.90 Å².